The van der Waals surface area contributed by atoms with Crippen molar-refractivity contribution in [2.75, 3.05) is 17.7 Å². The van der Waals surface area contributed by atoms with Gasteiger partial charge in [-0.05, 0) is 43.6 Å². The van der Waals surface area contributed by atoms with Crippen molar-refractivity contribution in [3.63, 3.8) is 0 Å². The van der Waals surface area contributed by atoms with E-state index in [0.717, 1.165) is 11.5 Å². The summed E-state index contributed by atoms with van der Waals surface area (Å²) in [7, 11) is 1.67. The highest BCUT2D eigenvalue weighted by Gasteiger charge is 2.30. The van der Waals surface area contributed by atoms with Crippen molar-refractivity contribution in [3.8, 4) is 0 Å². The van der Waals surface area contributed by atoms with Crippen molar-refractivity contribution in [1.82, 2.24) is 4.37 Å². The molecule has 0 saturated heterocycles. The first-order valence-corrected chi connectivity index (χ1v) is 10.6. The Hall–Kier alpha value is -3.85. The van der Waals surface area contributed by atoms with E-state index in [4.69, 9.17) is 4.74 Å². The molecular formula is C23H19N3O5S. The van der Waals surface area contributed by atoms with E-state index >= 15 is 0 Å². The predicted molar refractivity (Wildman–Crippen MR) is 120 cm³/mol. The van der Waals surface area contributed by atoms with Crippen LogP contribution in [0.2, 0.25) is 0 Å². The van der Waals surface area contributed by atoms with Crippen LogP contribution < -0.4 is 10.6 Å². The Balaban J connectivity index is 1.51. The molecule has 2 N–H and O–H groups in total. The minimum Gasteiger partial charge on any atom is -0.449 e. The van der Waals surface area contributed by atoms with Crippen LogP contribution in [0.4, 0.5) is 10.7 Å². The van der Waals surface area contributed by atoms with Gasteiger partial charge < -0.3 is 15.4 Å². The molecular weight excluding hydrogens is 430 g/mol. The van der Waals surface area contributed by atoms with Gasteiger partial charge in [-0.3, -0.25) is 14.4 Å². The number of esters is 1. The zero-order valence-corrected chi connectivity index (χ0v) is 18.3. The number of aryl methyl sites for hydroxylation is 1. The molecule has 1 heterocycles. The van der Waals surface area contributed by atoms with Crippen molar-refractivity contribution in [3.05, 3.63) is 76.0 Å². The fraction of sp³-hybridized carbons (Fsp3) is 0.174. The Bertz CT molecular complexity index is 1280. The van der Waals surface area contributed by atoms with Crippen molar-refractivity contribution < 1.29 is 23.9 Å². The van der Waals surface area contributed by atoms with Gasteiger partial charge in [0.1, 0.15) is 10.6 Å². The highest BCUT2D eigenvalue weighted by atomic mass is 32.1. The largest absolute Gasteiger partial charge is 0.449 e. The number of ketones is 2. The highest BCUT2D eigenvalue weighted by Crippen LogP contribution is 2.29. The van der Waals surface area contributed by atoms with Crippen LogP contribution in [0.1, 0.15) is 54.8 Å². The Morgan fingerprint density at radius 2 is 1.62 bits per heavy atom. The summed E-state index contributed by atoms with van der Waals surface area (Å²) in [5.41, 5.74) is 2.31. The molecule has 32 heavy (non-hydrogen) atoms. The maximum atomic E-state index is 12.8. The van der Waals surface area contributed by atoms with Crippen molar-refractivity contribution in [1.29, 1.82) is 0 Å². The summed E-state index contributed by atoms with van der Waals surface area (Å²) in [5, 5.41) is 6.07. The average Bonchev–Trinajstić information content (AvgIpc) is 3.18. The second kappa shape index (κ2) is 8.35. The molecule has 0 spiro atoms. The van der Waals surface area contributed by atoms with Gasteiger partial charge in [0.05, 0.1) is 5.69 Å². The van der Waals surface area contributed by atoms with Gasteiger partial charge in [-0.25, -0.2) is 4.79 Å². The number of carbonyl (C=O) groups is 4. The summed E-state index contributed by atoms with van der Waals surface area (Å²) in [6, 6.07) is 11.1. The van der Waals surface area contributed by atoms with Crippen molar-refractivity contribution in [2.45, 2.75) is 20.0 Å². The van der Waals surface area contributed by atoms with Gasteiger partial charge >= 0.3 is 5.97 Å². The Morgan fingerprint density at radius 1 is 1.00 bits per heavy atom. The first kappa shape index (κ1) is 21.4. The minimum absolute atomic E-state index is 0.217. The molecule has 0 bridgehead atoms. The highest BCUT2D eigenvalue weighted by molar-refractivity contribution is 7.10. The van der Waals surface area contributed by atoms with Crippen LogP contribution in [0.5, 0.6) is 0 Å². The normalized spacial score (nSPS) is 13.1. The molecule has 1 aliphatic carbocycles. The molecule has 9 heteroatoms. The van der Waals surface area contributed by atoms with Crippen LogP contribution in [-0.4, -0.2) is 41.0 Å². The van der Waals surface area contributed by atoms with E-state index in [-0.39, 0.29) is 28.3 Å². The number of nitrogens with zero attached hydrogens (tertiary/aromatic N) is 1. The first-order valence-electron chi connectivity index (χ1n) is 9.80. The number of rotatable bonds is 5. The zero-order chi connectivity index (χ0) is 23.0. The topological polar surface area (TPSA) is 114 Å². The average molecular weight is 449 g/mol. The lowest BCUT2D eigenvalue weighted by molar-refractivity contribution is -0.123. The predicted octanol–water partition coefficient (Wildman–Crippen LogP) is 3.45. The van der Waals surface area contributed by atoms with Gasteiger partial charge in [0.2, 0.25) is 0 Å². The summed E-state index contributed by atoms with van der Waals surface area (Å²) in [4.78, 5) is 50.7. The van der Waals surface area contributed by atoms with E-state index in [1.165, 1.54) is 25.1 Å². The van der Waals surface area contributed by atoms with Crippen LogP contribution in [0.25, 0.3) is 0 Å². The molecule has 1 amide bonds. The van der Waals surface area contributed by atoms with Gasteiger partial charge in [0.25, 0.3) is 5.91 Å². The SMILES string of the molecule is CNc1snc(C)c1C(=O)OC(C)C(=O)Nc1ccc2c(c1)C(=O)c1ccccc1C2=O. The number of benzene rings is 2. The van der Waals surface area contributed by atoms with Gasteiger partial charge in [0.15, 0.2) is 17.7 Å². The third-order valence-electron chi connectivity index (χ3n) is 5.14. The molecule has 8 nitrogen and oxygen atoms in total. The van der Waals surface area contributed by atoms with Crippen molar-refractivity contribution in [2.24, 2.45) is 0 Å². The number of anilines is 2. The van der Waals surface area contributed by atoms with E-state index in [0.29, 0.717) is 27.5 Å². The molecule has 1 atom stereocenters. The third-order valence-corrected chi connectivity index (χ3v) is 6.10. The standard InChI is InChI=1S/C23H19N3O5S/c1-11-18(22(24-3)32-26-11)23(30)31-12(2)21(29)25-13-8-9-16-17(10-13)20(28)15-7-5-4-6-14(15)19(16)27/h4-10,12,24H,1-3H3,(H,25,29). The monoisotopic (exact) mass is 449 g/mol. The van der Waals surface area contributed by atoms with Gasteiger partial charge in [-0.15, -0.1) is 0 Å². The lowest BCUT2D eigenvalue weighted by Gasteiger charge is -2.19. The summed E-state index contributed by atoms with van der Waals surface area (Å²) in [6.45, 7) is 3.13. The number of aromatic nitrogens is 1. The van der Waals surface area contributed by atoms with E-state index in [9.17, 15) is 19.2 Å². The zero-order valence-electron chi connectivity index (χ0n) is 17.5. The van der Waals surface area contributed by atoms with Gasteiger partial charge in [-0.2, -0.15) is 4.37 Å². The van der Waals surface area contributed by atoms with Crippen LogP contribution in [0.15, 0.2) is 42.5 Å². The summed E-state index contributed by atoms with van der Waals surface area (Å²) in [6.07, 6.45) is -1.10. The third kappa shape index (κ3) is 3.67. The first-order chi connectivity index (χ1) is 15.3. The van der Waals surface area contributed by atoms with E-state index in [1.54, 1.807) is 38.2 Å². The number of hydrogen-bond acceptors (Lipinski definition) is 8. The molecule has 1 unspecified atom stereocenters. The fourth-order valence-corrected chi connectivity index (χ4v) is 4.21. The summed E-state index contributed by atoms with van der Waals surface area (Å²) in [5.74, 6) is -1.76. The molecule has 0 radical (unpaired) electrons. The number of carbonyl (C=O) groups excluding carboxylic acids is 4. The molecule has 1 aromatic heterocycles. The van der Waals surface area contributed by atoms with Crippen LogP contribution in [-0.2, 0) is 9.53 Å². The Morgan fingerprint density at radius 3 is 2.28 bits per heavy atom. The molecule has 0 saturated carbocycles. The second-order valence-corrected chi connectivity index (χ2v) is 8.00. The fourth-order valence-electron chi connectivity index (χ4n) is 3.47. The molecule has 2 aromatic carbocycles. The van der Waals surface area contributed by atoms with Crippen LogP contribution in [0, 0.1) is 6.92 Å². The maximum Gasteiger partial charge on any atom is 0.343 e. The molecule has 1 aliphatic rings. The lowest BCUT2D eigenvalue weighted by atomic mass is 9.84. The van der Waals surface area contributed by atoms with E-state index in [2.05, 4.69) is 15.0 Å². The maximum absolute atomic E-state index is 12.8. The van der Waals surface area contributed by atoms with E-state index in [1.807, 2.05) is 0 Å². The van der Waals surface area contributed by atoms with E-state index < -0.39 is 18.0 Å². The number of ether oxygens (including phenoxy) is 1. The van der Waals surface area contributed by atoms with Gasteiger partial charge in [-0.1, -0.05) is 24.3 Å². The number of amides is 1. The second-order valence-electron chi connectivity index (χ2n) is 7.22. The lowest BCUT2D eigenvalue weighted by Crippen LogP contribution is -2.30. The summed E-state index contributed by atoms with van der Waals surface area (Å²) >= 11 is 1.13. The molecule has 4 rings (SSSR count). The quantitative estimate of drug-likeness (QED) is 0.449. The summed E-state index contributed by atoms with van der Waals surface area (Å²) < 4.78 is 9.42. The van der Waals surface area contributed by atoms with Crippen molar-refractivity contribution >= 4 is 45.7 Å². The molecule has 0 fully saturated rings. The molecule has 162 valence electrons. The van der Waals surface area contributed by atoms with Crippen LogP contribution in [0.3, 0.4) is 0 Å². The van der Waals surface area contributed by atoms with Gasteiger partial charge in [0, 0.05) is 35.0 Å². The number of fused-ring (bicyclic) bond motifs is 2. The number of hydrogen-bond donors (Lipinski definition) is 2. The Kier molecular flexibility index (Phi) is 5.58. The smallest absolute Gasteiger partial charge is 0.343 e. The molecule has 0 aliphatic heterocycles. The minimum atomic E-state index is -1.10. The number of nitrogens with one attached hydrogen (secondary N) is 2. The Labute approximate surface area is 187 Å². The van der Waals surface area contributed by atoms with Crippen LogP contribution >= 0.6 is 11.5 Å². The molecule has 3 aromatic rings.